The molecule has 0 fully saturated rings. The standard InChI is InChI=1S/C28H23BrClN5OS/c1-2-3-6-17-11-13-18(14-12-17)35-33-25-15-23(30)24(16-26(25)34-35)31-28(37)32-27(36)21-9-4-8-20-19(21)7-5-10-22(20)29/h4-5,7-16H,2-3,6H2,1H3,(H2,31,32,36,37). The Morgan fingerprint density at radius 3 is 2.46 bits per heavy atom. The Balaban J connectivity index is 1.33. The molecular weight excluding hydrogens is 570 g/mol. The highest BCUT2D eigenvalue weighted by Gasteiger charge is 2.15. The van der Waals surface area contributed by atoms with Crippen molar-refractivity contribution in [2.75, 3.05) is 5.32 Å². The van der Waals surface area contributed by atoms with Gasteiger partial charge in [0.25, 0.3) is 5.91 Å². The third kappa shape index (κ3) is 5.51. The van der Waals surface area contributed by atoms with Gasteiger partial charge in [-0.2, -0.15) is 4.80 Å². The number of carbonyl (C=O) groups excluding carboxylic acids is 1. The molecule has 1 aromatic heterocycles. The minimum absolute atomic E-state index is 0.133. The Bertz CT molecular complexity index is 1630. The molecule has 37 heavy (non-hydrogen) atoms. The fourth-order valence-electron chi connectivity index (χ4n) is 4.12. The number of hydrogen-bond acceptors (Lipinski definition) is 4. The fraction of sp³-hybridized carbons (Fsp3) is 0.143. The molecule has 1 heterocycles. The molecule has 1 amide bonds. The average molecular weight is 593 g/mol. The molecule has 5 rings (SSSR count). The number of nitrogens with one attached hydrogen (secondary N) is 2. The zero-order chi connectivity index (χ0) is 25.9. The van der Waals surface area contributed by atoms with Crippen molar-refractivity contribution in [1.29, 1.82) is 0 Å². The minimum atomic E-state index is -0.313. The van der Waals surface area contributed by atoms with Crippen molar-refractivity contribution in [2.24, 2.45) is 0 Å². The summed E-state index contributed by atoms with van der Waals surface area (Å²) in [6.07, 6.45) is 3.39. The van der Waals surface area contributed by atoms with Gasteiger partial charge in [0.05, 0.1) is 16.4 Å². The Labute approximate surface area is 233 Å². The lowest BCUT2D eigenvalue weighted by molar-refractivity contribution is 0.0979. The van der Waals surface area contributed by atoms with Crippen LogP contribution < -0.4 is 10.6 Å². The van der Waals surface area contributed by atoms with Gasteiger partial charge in [0, 0.05) is 10.0 Å². The van der Waals surface area contributed by atoms with E-state index in [1.54, 1.807) is 23.0 Å². The lowest BCUT2D eigenvalue weighted by Gasteiger charge is -2.12. The zero-order valence-electron chi connectivity index (χ0n) is 20.0. The molecule has 0 saturated heterocycles. The third-order valence-corrected chi connectivity index (χ3v) is 7.25. The van der Waals surface area contributed by atoms with Crippen LogP contribution in [0.3, 0.4) is 0 Å². The van der Waals surface area contributed by atoms with E-state index in [1.165, 1.54) is 18.4 Å². The first kappa shape index (κ1) is 25.3. The number of halogens is 2. The molecule has 6 nitrogen and oxygen atoms in total. The van der Waals surface area contributed by atoms with Gasteiger partial charge in [-0.15, -0.1) is 10.2 Å². The lowest BCUT2D eigenvalue weighted by atomic mass is 10.0. The van der Waals surface area contributed by atoms with E-state index in [0.717, 1.165) is 27.4 Å². The number of fused-ring (bicyclic) bond motifs is 2. The van der Waals surface area contributed by atoms with E-state index in [9.17, 15) is 4.79 Å². The number of anilines is 1. The molecule has 0 saturated carbocycles. The van der Waals surface area contributed by atoms with Crippen molar-refractivity contribution in [2.45, 2.75) is 26.2 Å². The van der Waals surface area contributed by atoms with E-state index >= 15 is 0 Å². The average Bonchev–Trinajstić information content (AvgIpc) is 3.30. The number of aryl methyl sites for hydroxylation is 1. The minimum Gasteiger partial charge on any atom is -0.331 e. The molecule has 186 valence electrons. The zero-order valence-corrected chi connectivity index (χ0v) is 23.1. The highest BCUT2D eigenvalue weighted by Crippen LogP contribution is 2.28. The van der Waals surface area contributed by atoms with Crippen LogP contribution in [0.5, 0.6) is 0 Å². The quantitative estimate of drug-likeness (QED) is 0.200. The maximum Gasteiger partial charge on any atom is 0.258 e. The van der Waals surface area contributed by atoms with Gasteiger partial charge in [0.2, 0.25) is 0 Å². The monoisotopic (exact) mass is 591 g/mol. The van der Waals surface area contributed by atoms with Crippen LogP contribution in [0.1, 0.15) is 35.7 Å². The number of unbranched alkanes of at least 4 members (excludes halogenated alkanes) is 1. The predicted molar refractivity (Wildman–Crippen MR) is 158 cm³/mol. The fourth-order valence-corrected chi connectivity index (χ4v) is 5.03. The smallest absolute Gasteiger partial charge is 0.258 e. The van der Waals surface area contributed by atoms with Crippen molar-refractivity contribution < 1.29 is 4.79 Å². The number of hydrogen-bond donors (Lipinski definition) is 2. The van der Waals surface area contributed by atoms with Crippen LogP contribution in [0.15, 0.2) is 77.3 Å². The second kappa shape index (κ2) is 11.0. The van der Waals surface area contributed by atoms with E-state index < -0.39 is 0 Å². The molecular formula is C28H23BrClN5OS. The van der Waals surface area contributed by atoms with Crippen LogP contribution >= 0.6 is 39.7 Å². The Hall–Kier alpha value is -3.33. The largest absolute Gasteiger partial charge is 0.331 e. The molecule has 0 unspecified atom stereocenters. The highest BCUT2D eigenvalue weighted by atomic mass is 79.9. The van der Waals surface area contributed by atoms with E-state index in [-0.39, 0.29) is 11.0 Å². The second-order valence-corrected chi connectivity index (χ2v) is 10.3. The van der Waals surface area contributed by atoms with Gasteiger partial charge in [0.15, 0.2) is 5.11 Å². The van der Waals surface area contributed by atoms with E-state index in [0.29, 0.717) is 27.3 Å². The van der Waals surface area contributed by atoms with E-state index in [2.05, 4.69) is 55.8 Å². The molecule has 0 spiro atoms. The number of carbonyl (C=O) groups is 1. The Morgan fingerprint density at radius 2 is 1.70 bits per heavy atom. The molecule has 9 heteroatoms. The summed E-state index contributed by atoms with van der Waals surface area (Å²) in [6.45, 7) is 2.19. The summed E-state index contributed by atoms with van der Waals surface area (Å²) in [4.78, 5) is 14.6. The first-order valence-electron chi connectivity index (χ1n) is 11.9. The number of aromatic nitrogens is 3. The van der Waals surface area contributed by atoms with Crippen LogP contribution in [-0.4, -0.2) is 26.0 Å². The van der Waals surface area contributed by atoms with Crippen molar-refractivity contribution >= 4 is 78.3 Å². The highest BCUT2D eigenvalue weighted by molar-refractivity contribution is 9.10. The molecule has 0 aliphatic rings. The summed E-state index contributed by atoms with van der Waals surface area (Å²) in [5, 5.41) is 17.3. The van der Waals surface area contributed by atoms with Gasteiger partial charge in [0.1, 0.15) is 11.0 Å². The molecule has 0 radical (unpaired) electrons. The second-order valence-electron chi connectivity index (χ2n) is 8.63. The molecule has 0 atom stereocenters. The molecule has 0 aliphatic heterocycles. The van der Waals surface area contributed by atoms with Gasteiger partial charge in [-0.05, 0) is 77.8 Å². The van der Waals surface area contributed by atoms with Crippen LogP contribution in [0, 0.1) is 0 Å². The number of amides is 1. The number of rotatable bonds is 6. The summed E-state index contributed by atoms with van der Waals surface area (Å²) >= 11 is 15.5. The van der Waals surface area contributed by atoms with Crippen LogP contribution in [0.4, 0.5) is 5.69 Å². The maximum atomic E-state index is 13.0. The Kier molecular flexibility index (Phi) is 7.50. The third-order valence-electron chi connectivity index (χ3n) is 6.04. The first-order valence-corrected chi connectivity index (χ1v) is 13.5. The van der Waals surface area contributed by atoms with Crippen LogP contribution in [0.25, 0.3) is 27.5 Å². The molecule has 0 aliphatic carbocycles. The van der Waals surface area contributed by atoms with Gasteiger partial charge < -0.3 is 5.32 Å². The predicted octanol–water partition coefficient (Wildman–Crippen LogP) is 7.46. The SMILES string of the molecule is CCCCc1ccc(-n2nc3cc(Cl)c(NC(=S)NC(=O)c4cccc5c(Br)cccc45)cc3n2)cc1. The summed E-state index contributed by atoms with van der Waals surface area (Å²) in [6, 6.07) is 23.0. The molecule has 0 bridgehead atoms. The number of benzene rings is 4. The summed E-state index contributed by atoms with van der Waals surface area (Å²) in [7, 11) is 0. The summed E-state index contributed by atoms with van der Waals surface area (Å²) < 4.78 is 0.918. The molecule has 2 N–H and O–H groups in total. The van der Waals surface area contributed by atoms with Gasteiger partial charge in [-0.1, -0.05) is 77.3 Å². The molecule has 4 aromatic carbocycles. The topological polar surface area (TPSA) is 71.8 Å². The van der Waals surface area contributed by atoms with Crippen molar-refractivity contribution in [3.05, 3.63) is 93.4 Å². The number of thiocarbonyl (C=S) groups is 1. The van der Waals surface area contributed by atoms with Gasteiger partial charge in [-0.25, -0.2) is 0 Å². The van der Waals surface area contributed by atoms with E-state index in [4.69, 9.17) is 23.8 Å². The van der Waals surface area contributed by atoms with Gasteiger partial charge in [-0.3, -0.25) is 10.1 Å². The first-order chi connectivity index (χ1) is 17.9. The summed E-state index contributed by atoms with van der Waals surface area (Å²) in [5.41, 5.74) is 4.52. The summed E-state index contributed by atoms with van der Waals surface area (Å²) in [5.74, 6) is -0.313. The van der Waals surface area contributed by atoms with Crippen LogP contribution in [0.2, 0.25) is 5.02 Å². The van der Waals surface area contributed by atoms with Crippen molar-refractivity contribution in [3.8, 4) is 5.69 Å². The lowest BCUT2D eigenvalue weighted by Crippen LogP contribution is -2.34. The Morgan fingerprint density at radius 1 is 1.00 bits per heavy atom. The van der Waals surface area contributed by atoms with Crippen LogP contribution in [-0.2, 0) is 6.42 Å². The van der Waals surface area contributed by atoms with E-state index in [1.807, 2.05) is 42.5 Å². The maximum absolute atomic E-state index is 13.0. The number of nitrogens with zero attached hydrogens (tertiary/aromatic N) is 3. The van der Waals surface area contributed by atoms with Crippen molar-refractivity contribution in [3.63, 3.8) is 0 Å². The normalized spacial score (nSPS) is 11.1. The van der Waals surface area contributed by atoms with Gasteiger partial charge >= 0.3 is 0 Å². The molecule has 5 aromatic rings. The van der Waals surface area contributed by atoms with Crippen molar-refractivity contribution in [1.82, 2.24) is 20.3 Å².